The summed E-state index contributed by atoms with van der Waals surface area (Å²) in [5.74, 6) is -0.960. The highest BCUT2D eigenvalue weighted by molar-refractivity contribution is 9.11. The molecular formula is C11H10BrN3O3S. The SMILES string of the molecule is Cc1nc(=O)n(-c2ncc(Br)s2)c(C)c1CC(=O)O. The Morgan fingerprint density at radius 3 is 2.74 bits per heavy atom. The van der Waals surface area contributed by atoms with Crippen molar-refractivity contribution in [3.05, 3.63) is 37.4 Å². The van der Waals surface area contributed by atoms with Crippen LogP contribution in [0.25, 0.3) is 5.13 Å². The van der Waals surface area contributed by atoms with Crippen molar-refractivity contribution in [2.24, 2.45) is 0 Å². The van der Waals surface area contributed by atoms with E-state index in [4.69, 9.17) is 5.11 Å². The predicted molar refractivity (Wildman–Crippen MR) is 74.0 cm³/mol. The van der Waals surface area contributed by atoms with Crippen LogP contribution in [0.1, 0.15) is 17.0 Å². The zero-order valence-corrected chi connectivity index (χ0v) is 12.6. The van der Waals surface area contributed by atoms with Gasteiger partial charge >= 0.3 is 11.7 Å². The minimum atomic E-state index is -0.960. The summed E-state index contributed by atoms with van der Waals surface area (Å²) in [6.07, 6.45) is 1.42. The fourth-order valence-electron chi connectivity index (χ4n) is 1.78. The van der Waals surface area contributed by atoms with Gasteiger partial charge in [0.1, 0.15) is 0 Å². The van der Waals surface area contributed by atoms with Gasteiger partial charge in [-0.25, -0.2) is 14.3 Å². The van der Waals surface area contributed by atoms with E-state index in [1.54, 1.807) is 20.0 Å². The van der Waals surface area contributed by atoms with E-state index in [1.165, 1.54) is 15.9 Å². The molecule has 0 amide bonds. The predicted octanol–water partition coefficient (Wildman–Crippen LogP) is 1.70. The molecule has 2 aromatic rings. The molecule has 2 aromatic heterocycles. The Morgan fingerprint density at radius 2 is 2.21 bits per heavy atom. The lowest BCUT2D eigenvalue weighted by molar-refractivity contribution is -0.136. The van der Waals surface area contributed by atoms with E-state index in [1.807, 2.05) is 0 Å². The highest BCUT2D eigenvalue weighted by Gasteiger charge is 2.16. The number of hydrogen-bond acceptors (Lipinski definition) is 5. The number of hydrogen-bond donors (Lipinski definition) is 1. The molecule has 0 aliphatic heterocycles. The van der Waals surface area contributed by atoms with Gasteiger partial charge in [-0.05, 0) is 29.8 Å². The smallest absolute Gasteiger partial charge is 0.354 e. The van der Waals surface area contributed by atoms with E-state index in [2.05, 4.69) is 25.9 Å². The monoisotopic (exact) mass is 343 g/mol. The molecule has 0 aliphatic rings. The number of carbonyl (C=O) groups is 1. The minimum absolute atomic E-state index is 0.169. The number of aromatic nitrogens is 3. The van der Waals surface area contributed by atoms with E-state index in [-0.39, 0.29) is 6.42 Å². The first-order valence-electron chi connectivity index (χ1n) is 5.32. The highest BCUT2D eigenvalue weighted by atomic mass is 79.9. The molecule has 0 aromatic carbocycles. The molecule has 0 bridgehead atoms. The molecule has 0 saturated carbocycles. The van der Waals surface area contributed by atoms with Crippen molar-refractivity contribution in [1.29, 1.82) is 0 Å². The molecular weight excluding hydrogens is 334 g/mol. The lowest BCUT2D eigenvalue weighted by Crippen LogP contribution is -2.27. The maximum absolute atomic E-state index is 12.0. The summed E-state index contributed by atoms with van der Waals surface area (Å²) in [4.78, 5) is 30.8. The van der Waals surface area contributed by atoms with Crippen LogP contribution in [-0.4, -0.2) is 25.6 Å². The van der Waals surface area contributed by atoms with Crippen molar-refractivity contribution >= 4 is 33.2 Å². The van der Waals surface area contributed by atoms with E-state index >= 15 is 0 Å². The molecule has 100 valence electrons. The average Bonchev–Trinajstić information content (AvgIpc) is 2.70. The van der Waals surface area contributed by atoms with Crippen molar-refractivity contribution in [1.82, 2.24) is 14.5 Å². The van der Waals surface area contributed by atoms with Gasteiger partial charge in [-0.3, -0.25) is 4.79 Å². The Morgan fingerprint density at radius 1 is 1.53 bits per heavy atom. The van der Waals surface area contributed by atoms with Crippen LogP contribution in [-0.2, 0) is 11.2 Å². The van der Waals surface area contributed by atoms with Crippen molar-refractivity contribution in [2.75, 3.05) is 0 Å². The molecule has 0 atom stereocenters. The van der Waals surface area contributed by atoms with Crippen molar-refractivity contribution in [3.63, 3.8) is 0 Å². The second kappa shape index (κ2) is 5.22. The quantitative estimate of drug-likeness (QED) is 0.916. The Balaban J connectivity index is 2.68. The summed E-state index contributed by atoms with van der Waals surface area (Å²) in [6, 6.07) is 0. The molecule has 2 heterocycles. The third-order valence-electron chi connectivity index (χ3n) is 2.65. The van der Waals surface area contributed by atoms with Crippen LogP contribution in [0, 0.1) is 13.8 Å². The number of rotatable bonds is 3. The van der Waals surface area contributed by atoms with E-state index in [9.17, 15) is 9.59 Å². The van der Waals surface area contributed by atoms with Gasteiger partial charge in [-0.15, -0.1) is 0 Å². The normalized spacial score (nSPS) is 10.7. The molecule has 2 rings (SSSR count). The highest BCUT2D eigenvalue weighted by Crippen LogP contribution is 2.23. The van der Waals surface area contributed by atoms with E-state index in [0.29, 0.717) is 22.1 Å². The first-order chi connectivity index (χ1) is 8.90. The maximum Gasteiger partial charge on any atom is 0.354 e. The van der Waals surface area contributed by atoms with Crippen LogP contribution >= 0.6 is 27.3 Å². The fourth-order valence-corrected chi connectivity index (χ4v) is 3.01. The largest absolute Gasteiger partial charge is 0.481 e. The van der Waals surface area contributed by atoms with Crippen LogP contribution in [0.3, 0.4) is 0 Å². The molecule has 1 N–H and O–H groups in total. The van der Waals surface area contributed by atoms with Crippen LogP contribution < -0.4 is 5.69 Å². The summed E-state index contributed by atoms with van der Waals surface area (Å²) in [5.41, 5.74) is 1.09. The number of aliphatic carboxylic acids is 1. The first-order valence-corrected chi connectivity index (χ1v) is 6.93. The standard InChI is InChI=1S/C11H10BrN3O3S/c1-5-7(3-9(16)17)6(2)15(10(18)14-5)11-13-4-8(12)19-11/h4H,3H2,1-2H3,(H,16,17). The van der Waals surface area contributed by atoms with Crippen molar-refractivity contribution < 1.29 is 9.90 Å². The van der Waals surface area contributed by atoms with Gasteiger partial charge in [0, 0.05) is 17.0 Å². The van der Waals surface area contributed by atoms with Gasteiger partial charge < -0.3 is 5.11 Å². The topological polar surface area (TPSA) is 85.1 Å². The van der Waals surface area contributed by atoms with Gasteiger partial charge in [0.2, 0.25) is 0 Å². The van der Waals surface area contributed by atoms with Gasteiger partial charge in [0.25, 0.3) is 0 Å². The van der Waals surface area contributed by atoms with Gasteiger partial charge in [0.15, 0.2) is 5.13 Å². The van der Waals surface area contributed by atoms with E-state index in [0.717, 1.165) is 3.79 Å². The summed E-state index contributed by atoms with van der Waals surface area (Å²) in [7, 11) is 0. The molecule has 19 heavy (non-hydrogen) atoms. The summed E-state index contributed by atoms with van der Waals surface area (Å²) < 4.78 is 2.12. The molecule has 8 heteroatoms. The number of thiazole rings is 1. The third-order valence-corrected chi connectivity index (χ3v) is 4.11. The molecule has 0 unspecified atom stereocenters. The first kappa shape index (κ1) is 13.9. The summed E-state index contributed by atoms with van der Waals surface area (Å²) >= 11 is 4.56. The molecule has 0 fully saturated rings. The number of carboxylic acids is 1. The third kappa shape index (κ3) is 2.74. The number of aryl methyl sites for hydroxylation is 1. The van der Waals surface area contributed by atoms with Crippen molar-refractivity contribution in [2.45, 2.75) is 20.3 Å². The summed E-state index contributed by atoms with van der Waals surface area (Å²) in [6.45, 7) is 3.33. The Bertz CT molecular complexity index is 708. The van der Waals surface area contributed by atoms with Crippen LogP contribution in [0.5, 0.6) is 0 Å². The number of nitrogens with zero attached hydrogens (tertiary/aromatic N) is 3. The number of carboxylic acid groups (broad SMARTS) is 1. The fraction of sp³-hybridized carbons (Fsp3) is 0.273. The second-order valence-electron chi connectivity index (χ2n) is 3.90. The van der Waals surface area contributed by atoms with Crippen LogP contribution in [0.15, 0.2) is 14.8 Å². The van der Waals surface area contributed by atoms with Crippen LogP contribution in [0.2, 0.25) is 0 Å². The molecule has 0 radical (unpaired) electrons. The van der Waals surface area contributed by atoms with Crippen molar-refractivity contribution in [3.8, 4) is 5.13 Å². The number of halogens is 1. The Hall–Kier alpha value is -1.54. The molecule has 0 spiro atoms. The zero-order chi connectivity index (χ0) is 14.2. The minimum Gasteiger partial charge on any atom is -0.481 e. The van der Waals surface area contributed by atoms with Gasteiger partial charge in [-0.1, -0.05) is 11.3 Å². The Kier molecular flexibility index (Phi) is 3.81. The second-order valence-corrected chi connectivity index (χ2v) is 6.28. The summed E-state index contributed by atoms with van der Waals surface area (Å²) in [5, 5.41) is 9.38. The lowest BCUT2D eigenvalue weighted by atomic mass is 10.1. The lowest BCUT2D eigenvalue weighted by Gasteiger charge is -2.11. The van der Waals surface area contributed by atoms with Crippen LogP contribution in [0.4, 0.5) is 0 Å². The maximum atomic E-state index is 12.0. The Labute approximate surface area is 120 Å². The molecule has 0 saturated heterocycles. The average molecular weight is 344 g/mol. The van der Waals surface area contributed by atoms with Gasteiger partial charge in [-0.2, -0.15) is 4.98 Å². The van der Waals surface area contributed by atoms with E-state index < -0.39 is 11.7 Å². The van der Waals surface area contributed by atoms with Gasteiger partial charge in [0.05, 0.1) is 16.4 Å². The zero-order valence-electron chi connectivity index (χ0n) is 10.2. The molecule has 6 nitrogen and oxygen atoms in total. The molecule has 0 aliphatic carbocycles.